The molecule has 1 atom stereocenters. The molecule has 9 nitrogen and oxygen atoms in total. The van der Waals surface area contributed by atoms with E-state index in [0.717, 1.165) is 5.56 Å². The second kappa shape index (κ2) is 11.6. The minimum Gasteiger partial charge on any atom is -0.497 e. The van der Waals surface area contributed by atoms with Gasteiger partial charge in [0.25, 0.3) is 0 Å². The van der Waals surface area contributed by atoms with Gasteiger partial charge in [-0.1, -0.05) is 11.6 Å². The Labute approximate surface area is 240 Å². The Hall–Kier alpha value is -3.05. The summed E-state index contributed by atoms with van der Waals surface area (Å²) in [5.74, 6) is 1.49. The molecule has 1 aliphatic heterocycles. The molecule has 2 heterocycles. The van der Waals surface area contributed by atoms with Crippen LogP contribution >= 0.6 is 27.5 Å². The van der Waals surface area contributed by atoms with Crippen LogP contribution < -0.4 is 19.7 Å². The highest BCUT2D eigenvalue weighted by Crippen LogP contribution is 2.37. The summed E-state index contributed by atoms with van der Waals surface area (Å²) in [5, 5.41) is 3.90. The summed E-state index contributed by atoms with van der Waals surface area (Å²) in [4.78, 5) is 25.6. The molecule has 210 valence electrons. The molecule has 1 aliphatic rings. The minimum atomic E-state index is -0.588. The predicted octanol–water partition coefficient (Wildman–Crippen LogP) is 6.26. The lowest BCUT2D eigenvalue weighted by molar-refractivity contribution is 0.0218. The molecule has 39 heavy (non-hydrogen) atoms. The van der Waals surface area contributed by atoms with Gasteiger partial charge in [0, 0.05) is 49.2 Å². The molecule has 3 aromatic rings. The average Bonchev–Trinajstić information content (AvgIpc) is 2.89. The van der Waals surface area contributed by atoms with E-state index < -0.39 is 11.4 Å². The Balaban J connectivity index is 1.67. The predicted molar refractivity (Wildman–Crippen MR) is 154 cm³/mol. The van der Waals surface area contributed by atoms with Crippen LogP contribution in [-0.2, 0) is 11.3 Å². The first-order valence-corrected chi connectivity index (χ1v) is 13.6. The molecule has 1 amide bonds. The van der Waals surface area contributed by atoms with E-state index in [2.05, 4.69) is 26.2 Å². The number of amides is 1. The van der Waals surface area contributed by atoms with Crippen LogP contribution in [-0.4, -0.2) is 66.5 Å². The summed E-state index contributed by atoms with van der Waals surface area (Å²) in [5.41, 5.74) is 0.387. The number of ether oxygens (including phenoxy) is 3. The Bertz CT molecular complexity index is 1390. The van der Waals surface area contributed by atoms with E-state index in [-0.39, 0.29) is 33.1 Å². The number of hydrogen-bond donors (Lipinski definition) is 1. The molecule has 1 saturated heterocycles. The van der Waals surface area contributed by atoms with Gasteiger partial charge in [-0.05, 0) is 61.8 Å². The van der Waals surface area contributed by atoms with Crippen LogP contribution in [0.25, 0.3) is 10.9 Å². The van der Waals surface area contributed by atoms with Gasteiger partial charge < -0.3 is 29.3 Å². The number of piperazine rings is 1. The lowest BCUT2D eigenvalue weighted by Gasteiger charge is -2.41. The molecule has 0 radical (unpaired) electrons. The standard InChI is InChI=1S/C27H32BrClFN5O4/c1-15-14-34(26(36)39-27(2,3)4)9-10-35(15)24-18-12-19(29)21(28)22(30)23(18)32-25(33-24)31-13-16-7-8-17(37-5)11-20(16)38-6/h7-8,11-12,15H,9-10,13-14H2,1-6H3,(H,31,32,33)/t15-/m0/s1. The van der Waals surface area contributed by atoms with Gasteiger partial charge in [-0.3, -0.25) is 0 Å². The molecule has 1 N–H and O–H groups in total. The maximum Gasteiger partial charge on any atom is 0.410 e. The number of halogens is 3. The number of nitrogens with one attached hydrogen (secondary N) is 1. The Morgan fingerprint density at radius 3 is 2.59 bits per heavy atom. The number of rotatable bonds is 6. The van der Waals surface area contributed by atoms with Crippen molar-refractivity contribution in [3.8, 4) is 11.5 Å². The fourth-order valence-electron chi connectivity index (χ4n) is 4.39. The highest BCUT2D eigenvalue weighted by Gasteiger charge is 2.32. The highest BCUT2D eigenvalue weighted by atomic mass is 79.9. The molecule has 0 spiro atoms. The first-order valence-electron chi connectivity index (χ1n) is 12.5. The number of benzene rings is 2. The van der Waals surface area contributed by atoms with Gasteiger partial charge in [0.2, 0.25) is 5.95 Å². The largest absolute Gasteiger partial charge is 0.497 e. The topological polar surface area (TPSA) is 89.1 Å². The lowest BCUT2D eigenvalue weighted by atomic mass is 10.1. The summed E-state index contributed by atoms with van der Waals surface area (Å²) in [7, 11) is 3.17. The smallest absolute Gasteiger partial charge is 0.410 e. The molecule has 0 aliphatic carbocycles. The van der Waals surface area contributed by atoms with Crippen LogP contribution in [0.3, 0.4) is 0 Å². The number of anilines is 2. The third-order valence-corrected chi connectivity index (χ3v) is 7.59. The summed E-state index contributed by atoms with van der Waals surface area (Å²) in [6, 6.07) is 7.01. The minimum absolute atomic E-state index is 0.127. The van der Waals surface area contributed by atoms with Crippen LogP contribution in [0.5, 0.6) is 11.5 Å². The lowest BCUT2D eigenvalue weighted by Crippen LogP contribution is -2.55. The molecule has 0 bridgehead atoms. The maximum absolute atomic E-state index is 15.4. The number of carbonyl (C=O) groups is 1. The molecule has 4 rings (SSSR count). The van der Waals surface area contributed by atoms with Crippen LogP contribution in [0.15, 0.2) is 28.7 Å². The molecule has 2 aromatic carbocycles. The SMILES string of the molecule is COc1ccc(CNc2nc(N3CCN(C(=O)OC(C)(C)C)C[C@@H]3C)c3cc(Cl)c(Br)c(F)c3n2)c(OC)c1. The fourth-order valence-corrected chi connectivity index (χ4v) is 4.89. The van der Waals surface area contributed by atoms with Gasteiger partial charge in [-0.2, -0.15) is 4.98 Å². The van der Waals surface area contributed by atoms with E-state index >= 15 is 4.39 Å². The fraction of sp³-hybridized carbons (Fsp3) is 0.444. The number of nitrogens with zero attached hydrogens (tertiary/aromatic N) is 4. The Morgan fingerprint density at radius 2 is 1.95 bits per heavy atom. The van der Waals surface area contributed by atoms with E-state index in [0.29, 0.717) is 48.9 Å². The average molecular weight is 625 g/mol. The van der Waals surface area contributed by atoms with Crippen LogP contribution in [0.1, 0.15) is 33.3 Å². The van der Waals surface area contributed by atoms with E-state index in [4.69, 9.17) is 30.8 Å². The van der Waals surface area contributed by atoms with Crippen LogP contribution in [0, 0.1) is 5.82 Å². The Morgan fingerprint density at radius 1 is 1.21 bits per heavy atom. The molecular formula is C27H32BrClFN5O4. The number of aromatic nitrogens is 2. The van der Waals surface area contributed by atoms with Crippen molar-refractivity contribution in [1.82, 2.24) is 14.9 Å². The van der Waals surface area contributed by atoms with Crippen molar-refractivity contribution in [3.05, 3.63) is 45.1 Å². The zero-order valence-corrected chi connectivity index (χ0v) is 25.1. The summed E-state index contributed by atoms with van der Waals surface area (Å²) >= 11 is 9.56. The highest BCUT2D eigenvalue weighted by molar-refractivity contribution is 9.10. The van der Waals surface area contributed by atoms with E-state index in [9.17, 15) is 4.79 Å². The number of hydrogen-bond acceptors (Lipinski definition) is 8. The van der Waals surface area contributed by atoms with Gasteiger partial charge in [-0.25, -0.2) is 14.2 Å². The third-order valence-electron chi connectivity index (χ3n) is 6.29. The van der Waals surface area contributed by atoms with E-state index in [1.54, 1.807) is 31.3 Å². The summed E-state index contributed by atoms with van der Waals surface area (Å²) < 4.78 is 31.9. The molecule has 0 unspecified atom stereocenters. The van der Waals surface area contributed by atoms with Crippen molar-refractivity contribution < 1.29 is 23.4 Å². The zero-order valence-electron chi connectivity index (χ0n) is 22.8. The quantitative estimate of drug-likeness (QED) is 0.322. The van der Waals surface area contributed by atoms with E-state index in [1.165, 1.54) is 0 Å². The van der Waals surface area contributed by atoms with Crippen molar-refractivity contribution >= 4 is 56.3 Å². The second-order valence-electron chi connectivity index (χ2n) is 10.3. The molecule has 1 fully saturated rings. The van der Waals surface area contributed by atoms with Gasteiger partial charge in [-0.15, -0.1) is 0 Å². The van der Waals surface area contributed by atoms with Crippen molar-refractivity contribution in [3.63, 3.8) is 0 Å². The van der Waals surface area contributed by atoms with Crippen molar-refractivity contribution in [1.29, 1.82) is 0 Å². The molecule has 12 heteroatoms. The summed E-state index contributed by atoms with van der Waals surface area (Å²) in [6.07, 6.45) is -0.365. The molecule has 1 aromatic heterocycles. The van der Waals surface area contributed by atoms with Gasteiger partial charge in [0.05, 0.1) is 23.7 Å². The van der Waals surface area contributed by atoms with E-state index in [1.807, 2.05) is 44.7 Å². The van der Waals surface area contributed by atoms with Crippen LogP contribution in [0.2, 0.25) is 5.02 Å². The van der Waals surface area contributed by atoms with Crippen molar-refractivity contribution in [2.24, 2.45) is 0 Å². The van der Waals surface area contributed by atoms with Crippen LogP contribution in [0.4, 0.5) is 21.0 Å². The third kappa shape index (κ3) is 6.41. The zero-order chi connectivity index (χ0) is 28.5. The number of methoxy groups -OCH3 is 2. The van der Waals surface area contributed by atoms with Gasteiger partial charge >= 0.3 is 6.09 Å². The Kier molecular flexibility index (Phi) is 8.60. The van der Waals surface area contributed by atoms with Crippen molar-refractivity contribution in [2.75, 3.05) is 44.1 Å². The normalized spacial score (nSPS) is 15.9. The monoisotopic (exact) mass is 623 g/mol. The van der Waals surface area contributed by atoms with Gasteiger partial charge in [0.15, 0.2) is 5.82 Å². The van der Waals surface area contributed by atoms with Gasteiger partial charge in [0.1, 0.15) is 28.4 Å². The molecule has 0 saturated carbocycles. The van der Waals surface area contributed by atoms with Crippen molar-refractivity contribution in [2.45, 2.75) is 45.9 Å². The first-order chi connectivity index (χ1) is 18.4. The number of carbonyl (C=O) groups excluding carboxylic acids is 1. The summed E-state index contributed by atoms with van der Waals surface area (Å²) in [6.45, 7) is 9.13. The molecular weight excluding hydrogens is 593 g/mol. The maximum atomic E-state index is 15.4. The number of fused-ring (bicyclic) bond motifs is 1. The second-order valence-corrected chi connectivity index (χ2v) is 11.5. The first kappa shape index (κ1) is 28.9.